The monoisotopic (exact) mass is 319 g/mol. The highest BCUT2D eigenvalue weighted by molar-refractivity contribution is 6.17. The highest BCUT2D eigenvalue weighted by Gasteiger charge is 2.34. The average Bonchev–Trinajstić information content (AvgIpc) is 2.28. The summed E-state index contributed by atoms with van der Waals surface area (Å²) in [5, 5.41) is 8.65. The van der Waals surface area contributed by atoms with Crippen LogP contribution in [0.1, 0.15) is 23.2 Å². The fraction of sp³-hybridized carbons (Fsp3) is 0.400. The molecule has 0 bridgehead atoms. The van der Waals surface area contributed by atoms with Gasteiger partial charge >= 0.3 is 12.3 Å². The SMILES string of the molecule is O=C(O)Cc1c(OC(F)(F)F)cnc(C(F)F)c1CCl. The van der Waals surface area contributed by atoms with Crippen LogP contribution in [0.5, 0.6) is 5.75 Å². The summed E-state index contributed by atoms with van der Waals surface area (Å²) >= 11 is 5.40. The van der Waals surface area contributed by atoms with Crippen molar-refractivity contribution in [3.63, 3.8) is 0 Å². The minimum absolute atomic E-state index is 0.406. The molecule has 20 heavy (non-hydrogen) atoms. The summed E-state index contributed by atoms with van der Waals surface area (Å²) in [7, 11) is 0. The van der Waals surface area contributed by atoms with E-state index >= 15 is 0 Å². The van der Waals surface area contributed by atoms with Crippen molar-refractivity contribution in [1.29, 1.82) is 0 Å². The first-order chi connectivity index (χ1) is 9.15. The second kappa shape index (κ2) is 6.21. The van der Waals surface area contributed by atoms with E-state index in [-0.39, 0.29) is 0 Å². The largest absolute Gasteiger partial charge is 0.573 e. The highest BCUT2D eigenvalue weighted by atomic mass is 35.5. The van der Waals surface area contributed by atoms with Gasteiger partial charge in [0, 0.05) is 17.0 Å². The Bertz CT molecular complexity index is 506. The smallest absolute Gasteiger partial charge is 0.481 e. The number of rotatable bonds is 5. The minimum atomic E-state index is -5.11. The quantitative estimate of drug-likeness (QED) is 0.668. The number of pyridine rings is 1. The van der Waals surface area contributed by atoms with E-state index in [0.717, 1.165) is 0 Å². The first-order valence-corrected chi connectivity index (χ1v) is 5.51. The normalized spacial score (nSPS) is 11.8. The summed E-state index contributed by atoms with van der Waals surface area (Å²) in [4.78, 5) is 13.8. The van der Waals surface area contributed by atoms with Crippen LogP contribution < -0.4 is 4.74 Å². The van der Waals surface area contributed by atoms with Gasteiger partial charge in [-0.05, 0) is 0 Å². The average molecular weight is 320 g/mol. The number of aliphatic carboxylic acids is 1. The molecule has 1 N–H and O–H groups in total. The van der Waals surface area contributed by atoms with Crippen molar-refractivity contribution < 1.29 is 36.6 Å². The van der Waals surface area contributed by atoms with Crippen molar-refractivity contribution in [1.82, 2.24) is 4.98 Å². The molecule has 112 valence electrons. The van der Waals surface area contributed by atoms with Crippen molar-refractivity contribution in [2.24, 2.45) is 0 Å². The van der Waals surface area contributed by atoms with Crippen LogP contribution in [0.3, 0.4) is 0 Å². The molecule has 10 heteroatoms. The number of carboxylic acid groups (broad SMARTS) is 1. The van der Waals surface area contributed by atoms with Crippen molar-refractivity contribution in [2.45, 2.75) is 25.1 Å². The van der Waals surface area contributed by atoms with Gasteiger partial charge in [0.1, 0.15) is 5.69 Å². The third-order valence-corrected chi connectivity index (χ3v) is 2.45. The molecule has 1 aromatic rings. The van der Waals surface area contributed by atoms with Crippen LogP contribution in [0.4, 0.5) is 22.0 Å². The molecule has 0 saturated heterocycles. The molecule has 0 aliphatic heterocycles. The molecule has 4 nitrogen and oxygen atoms in total. The molecule has 0 aliphatic rings. The zero-order valence-electron chi connectivity index (χ0n) is 9.55. The number of carbonyl (C=O) groups is 1. The van der Waals surface area contributed by atoms with Gasteiger partial charge in [-0.2, -0.15) is 0 Å². The van der Waals surface area contributed by atoms with Gasteiger partial charge in [0.15, 0.2) is 5.75 Å². The Morgan fingerprint density at radius 2 is 2.00 bits per heavy atom. The number of halogens is 6. The Hall–Kier alpha value is -1.64. The number of hydrogen-bond acceptors (Lipinski definition) is 3. The van der Waals surface area contributed by atoms with E-state index in [1.54, 1.807) is 0 Å². The Morgan fingerprint density at radius 1 is 1.40 bits per heavy atom. The second-order valence-corrected chi connectivity index (χ2v) is 3.78. The lowest BCUT2D eigenvalue weighted by Crippen LogP contribution is -2.20. The Labute approximate surface area is 114 Å². The van der Waals surface area contributed by atoms with Gasteiger partial charge in [-0.1, -0.05) is 0 Å². The van der Waals surface area contributed by atoms with E-state index in [1.807, 2.05) is 0 Å². The molecule has 0 atom stereocenters. The van der Waals surface area contributed by atoms with E-state index in [2.05, 4.69) is 9.72 Å². The lowest BCUT2D eigenvalue weighted by atomic mass is 10.0. The van der Waals surface area contributed by atoms with Crippen LogP contribution >= 0.6 is 11.6 Å². The number of carboxylic acids is 1. The van der Waals surface area contributed by atoms with Gasteiger partial charge in [-0.3, -0.25) is 9.78 Å². The van der Waals surface area contributed by atoms with Crippen molar-refractivity contribution >= 4 is 17.6 Å². The number of hydrogen-bond donors (Lipinski definition) is 1. The van der Waals surface area contributed by atoms with Crippen LogP contribution in [0.15, 0.2) is 6.20 Å². The zero-order chi connectivity index (χ0) is 15.5. The van der Waals surface area contributed by atoms with Crippen LogP contribution in [0.2, 0.25) is 0 Å². The number of ether oxygens (including phenoxy) is 1. The molecule has 0 saturated carbocycles. The minimum Gasteiger partial charge on any atom is -0.481 e. The first kappa shape index (κ1) is 16.4. The molecular weight excluding hydrogens is 313 g/mol. The molecule has 0 aromatic carbocycles. The number of alkyl halides is 6. The van der Waals surface area contributed by atoms with Gasteiger partial charge in [0.25, 0.3) is 6.43 Å². The summed E-state index contributed by atoms with van der Waals surface area (Å²) in [6, 6.07) is 0. The van der Waals surface area contributed by atoms with E-state index in [4.69, 9.17) is 16.7 Å². The molecule has 0 fully saturated rings. The molecule has 1 rings (SSSR count). The van der Waals surface area contributed by atoms with Crippen molar-refractivity contribution in [3.05, 3.63) is 23.0 Å². The summed E-state index contributed by atoms with van der Waals surface area (Å²) in [5.41, 5.74) is -1.92. The van der Waals surface area contributed by atoms with E-state index in [0.29, 0.717) is 6.20 Å². The predicted octanol–water partition coefficient (Wildman–Crippen LogP) is 3.28. The lowest BCUT2D eigenvalue weighted by molar-refractivity contribution is -0.275. The topological polar surface area (TPSA) is 59.4 Å². The van der Waals surface area contributed by atoms with Gasteiger partial charge in [0.2, 0.25) is 0 Å². The fourth-order valence-electron chi connectivity index (χ4n) is 1.48. The van der Waals surface area contributed by atoms with Crippen LogP contribution in [-0.2, 0) is 17.1 Å². The summed E-state index contributed by atoms with van der Waals surface area (Å²) in [6.45, 7) is 0. The van der Waals surface area contributed by atoms with Gasteiger partial charge in [0.05, 0.1) is 12.6 Å². The van der Waals surface area contributed by atoms with Gasteiger partial charge in [-0.15, -0.1) is 24.8 Å². The molecule has 0 radical (unpaired) electrons. The number of nitrogens with zero attached hydrogens (tertiary/aromatic N) is 1. The third kappa shape index (κ3) is 4.19. The summed E-state index contributed by atoms with van der Waals surface area (Å²) in [5.74, 6) is -3.10. The maximum Gasteiger partial charge on any atom is 0.573 e. The van der Waals surface area contributed by atoms with Crippen molar-refractivity contribution in [3.8, 4) is 5.75 Å². The van der Waals surface area contributed by atoms with Crippen LogP contribution in [-0.4, -0.2) is 22.4 Å². The zero-order valence-corrected chi connectivity index (χ0v) is 10.3. The van der Waals surface area contributed by atoms with E-state index in [1.165, 1.54) is 0 Å². The lowest BCUT2D eigenvalue weighted by Gasteiger charge is -2.16. The predicted molar refractivity (Wildman–Crippen MR) is 56.8 cm³/mol. The molecular formula is C10H7ClF5NO3. The molecule has 0 aliphatic carbocycles. The van der Waals surface area contributed by atoms with E-state index in [9.17, 15) is 26.7 Å². The molecule has 0 amide bonds. The highest BCUT2D eigenvalue weighted by Crippen LogP contribution is 2.33. The van der Waals surface area contributed by atoms with E-state index < -0.39 is 53.6 Å². The maximum atomic E-state index is 12.7. The Morgan fingerprint density at radius 3 is 2.40 bits per heavy atom. The first-order valence-electron chi connectivity index (χ1n) is 4.98. The molecule has 1 heterocycles. The van der Waals surface area contributed by atoms with Gasteiger partial charge in [-0.25, -0.2) is 8.78 Å². The van der Waals surface area contributed by atoms with Crippen molar-refractivity contribution in [2.75, 3.05) is 0 Å². The molecule has 0 spiro atoms. The fourth-order valence-corrected chi connectivity index (χ4v) is 1.78. The Balaban J connectivity index is 3.40. The molecule has 0 unspecified atom stereocenters. The van der Waals surface area contributed by atoms with Crippen LogP contribution in [0.25, 0.3) is 0 Å². The Kier molecular flexibility index (Phi) is 5.09. The number of aromatic nitrogens is 1. The maximum absolute atomic E-state index is 12.7. The van der Waals surface area contributed by atoms with Gasteiger partial charge < -0.3 is 9.84 Å². The summed E-state index contributed by atoms with van der Waals surface area (Å²) < 4.78 is 65.4. The summed E-state index contributed by atoms with van der Waals surface area (Å²) in [6.07, 6.45) is -8.75. The molecule has 1 aromatic heterocycles. The second-order valence-electron chi connectivity index (χ2n) is 3.52. The van der Waals surface area contributed by atoms with Crippen LogP contribution in [0, 0.1) is 0 Å². The standard InChI is InChI=1S/C10H7ClF5NO3/c11-2-5-4(1-7(18)19)6(20-10(14,15)16)3-17-8(5)9(12)13/h3,9H,1-2H2,(H,18,19). The third-order valence-electron chi connectivity index (χ3n) is 2.19.